The Morgan fingerprint density at radius 3 is 2.63 bits per heavy atom. The second kappa shape index (κ2) is 7.88. The third-order valence-corrected chi connectivity index (χ3v) is 2.46. The van der Waals surface area contributed by atoms with Crippen LogP contribution in [0.4, 0.5) is 0 Å². The van der Waals surface area contributed by atoms with E-state index in [1.54, 1.807) is 31.2 Å². The van der Waals surface area contributed by atoms with Crippen LogP contribution in [-0.2, 0) is 14.3 Å². The fraction of sp³-hybridized carbons (Fsp3) is 0.357. The molecule has 0 saturated heterocycles. The van der Waals surface area contributed by atoms with E-state index in [1.165, 1.54) is 0 Å². The Morgan fingerprint density at radius 2 is 2.05 bits per heavy atom. The predicted octanol–water partition coefficient (Wildman–Crippen LogP) is 1.36. The van der Waals surface area contributed by atoms with Gasteiger partial charge in [0.15, 0.2) is 0 Å². The van der Waals surface area contributed by atoms with Crippen LogP contribution in [0.2, 0.25) is 0 Å². The highest BCUT2D eigenvalue weighted by Crippen LogP contribution is 2.14. The highest BCUT2D eigenvalue weighted by Gasteiger charge is 2.19. The first kappa shape index (κ1) is 14.7. The van der Waals surface area contributed by atoms with Gasteiger partial charge in [-0.25, -0.2) is 0 Å². The topological polar surface area (TPSA) is 79.2 Å². The molecule has 1 unspecified atom stereocenters. The second-order valence-electron chi connectivity index (χ2n) is 3.82. The number of nitrogens with one attached hydrogen (secondary N) is 1. The number of rotatable bonds is 6. The summed E-state index contributed by atoms with van der Waals surface area (Å²) in [6, 6.07) is 10.8. The van der Waals surface area contributed by atoms with Crippen molar-refractivity contribution >= 4 is 11.9 Å². The molecular weight excluding hydrogens is 244 g/mol. The van der Waals surface area contributed by atoms with Crippen molar-refractivity contribution in [1.82, 2.24) is 5.32 Å². The first-order valence-electron chi connectivity index (χ1n) is 6.07. The Kier molecular flexibility index (Phi) is 6.10. The summed E-state index contributed by atoms with van der Waals surface area (Å²) in [5.41, 5.74) is 0.638. The van der Waals surface area contributed by atoms with Gasteiger partial charge in [-0.2, -0.15) is 5.26 Å². The number of esters is 1. The fourth-order valence-electron chi connectivity index (χ4n) is 1.55. The van der Waals surface area contributed by atoms with Crippen LogP contribution >= 0.6 is 0 Å². The van der Waals surface area contributed by atoms with E-state index >= 15 is 0 Å². The Bertz CT molecular complexity index is 465. The molecule has 0 aliphatic rings. The molecule has 0 radical (unpaired) electrons. The second-order valence-corrected chi connectivity index (χ2v) is 3.82. The monoisotopic (exact) mass is 260 g/mol. The molecule has 0 heterocycles. The molecule has 0 aliphatic heterocycles. The van der Waals surface area contributed by atoms with E-state index in [-0.39, 0.29) is 18.9 Å². The van der Waals surface area contributed by atoms with Gasteiger partial charge in [-0.05, 0) is 12.5 Å². The summed E-state index contributed by atoms with van der Waals surface area (Å²) in [7, 11) is 0. The van der Waals surface area contributed by atoms with Gasteiger partial charge >= 0.3 is 5.97 Å². The van der Waals surface area contributed by atoms with Gasteiger partial charge in [-0.3, -0.25) is 9.59 Å². The molecule has 0 aromatic heterocycles. The number of hydrogen-bond acceptors (Lipinski definition) is 4. The van der Waals surface area contributed by atoms with Crippen LogP contribution in [0.1, 0.15) is 24.8 Å². The maximum atomic E-state index is 11.8. The first-order valence-corrected chi connectivity index (χ1v) is 6.07. The minimum Gasteiger partial charge on any atom is -0.466 e. The van der Waals surface area contributed by atoms with Crippen molar-refractivity contribution < 1.29 is 14.3 Å². The van der Waals surface area contributed by atoms with Crippen LogP contribution in [0.5, 0.6) is 0 Å². The van der Waals surface area contributed by atoms with Gasteiger partial charge < -0.3 is 10.1 Å². The van der Waals surface area contributed by atoms with Gasteiger partial charge in [0.2, 0.25) is 5.91 Å². The molecule has 0 bridgehead atoms. The zero-order chi connectivity index (χ0) is 14.1. The molecule has 1 aromatic rings. The molecule has 0 saturated carbocycles. The molecule has 1 rings (SSSR count). The number of carbonyl (C=O) groups is 2. The quantitative estimate of drug-likeness (QED) is 0.783. The number of ether oxygens (including phenoxy) is 1. The van der Waals surface area contributed by atoms with E-state index in [1.807, 2.05) is 12.1 Å². The van der Waals surface area contributed by atoms with Crippen LogP contribution in [0.25, 0.3) is 0 Å². The van der Waals surface area contributed by atoms with Crippen molar-refractivity contribution in [3.63, 3.8) is 0 Å². The summed E-state index contributed by atoms with van der Waals surface area (Å²) >= 11 is 0. The van der Waals surface area contributed by atoms with E-state index in [0.717, 1.165) is 0 Å². The highest BCUT2D eigenvalue weighted by atomic mass is 16.5. The Hall–Kier alpha value is -2.35. The third kappa shape index (κ3) is 4.80. The fourth-order valence-corrected chi connectivity index (χ4v) is 1.55. The number of hydrogen-bond donors (Lipinski definition) is 1. The van der Waals surface area contributed by atoms with Crippen LogP contribution < -0.4 is 5.32 Å². The zero-order valence-corrected chi connectivity index (χ0v) is 10.8. The molecule has 1 atom stereocenters. The number of carbonyl (C=O) groups excluding carboxylic acids is 2. The van der Waals surface area contributed by atoms with Crippen molar-refractivity contribution in [2.45, 2.75) is 19.3 Å². The first-order chi connectivity index (χ1) is 9.19. The molecule has 1 N–H and O–H groups in total. The molecule has 1 aromatic carbocycles. The Balaban J connectivity index is 2.48. The summed E-state index contributed by atoms with van der Waals surface area (Å²) in [4.78, 5) is 22.9. The van der Waals surface area contributed by atoms with E-state index in [4.69, 9.17) is 10.00 Å². The van der Waals surface area contributed by atoms with Crippen molar-refractivity contribution in [1.29, 1.82) is 5.26 Å². The third-order valence-electron chi connectivity index (χ3n) is 2.46. The van der Waals surface area contributed by atoms with Gasteiger partial charge in [-0.1, -0.05) is 30.3 Å². The average molecular weight is 260 g/mol. The molecule has 0 fully saturated rings. The van der Waals surface area contributed by atoms with Crippen LogP contribution in [0.3, 0.4) is 0 Å². The Morgan fingerprint density at radius 1 is 1.37 bits per heavy atom. The molecule has 5 heteroatoms. The highest BCUT2D eigenvalue weighted by molar-refractivity contribution is 5.86. The van der Waals surface area contributed by atoms with Crippen LogP contribution in [0.15, 0.2) is 30.3 Å². The molecule has 19 heavy (non-hydrogen) atoms. The van der Waals surface area contributed by atoms with E-state index in [2.05, 4.69) is 5.32 Å². The minimum absolute atomic E-state index is 0.104. The molecule has 100 valence electrons. The minimum atomic E-state index is -0.858. The summed E-state index contributed by atoms with van der Waals surface area (Å²) in [5, 5.41) is 11.6. The Labute approximate surface area is 112 Å². The zero-order valence-electron chi connectivity index (χ0n) is 10.8. The summed E-state index contributed by atoms with van der Waals surface area (Å²) in [5.74, 6) is -1.63. The number of benzene rings is 1. The maximum absolute atomic E-state index is 11.8. The lowest BCUT2D eigenvalue weighted by Crippen LogP contribution is -2.30. The van der Waals surface area contributed by atoms with Crippen LogP contribution in [0, 0.1) is 11.3 Å². The van der Waals surface area contributed by atoms with Gasteiger partial charge in [0, 0.05) is 6.54 Å². The van der Waals surface area contributed by atoms with Crippen molar-refractivity contribution in [2.75, 3.05) is 13.2 Å². The number of nitrogens with zero attached hydrogens (tertiary/aromatic N) is 1. The molecule has 0 aliphatic carbocycles. The predicted molar refractivity (Wildman–Crippen MR) is 69.1 cm³/mol. The number of nitriles is 1. The summed E-state index contributed by atoms with van der Waals surface area (Å²) < 4.78 is 4.74. The summed E-state index contributed by atoms with van der Waals surface area (Å²) in [6.45, 7) is 2.21. The molecule has 5 nitrogen and oxygen atoms in total. The SMILES string of the molecule is CCOC(=O)CCNC(=O)C(C#N)c1ccccc1. The smallest absolute Gasteiger partial charge is 0.307 e. The van der Waals surface area contributed by atoms with Gasteiger partial charge in [0.25, 0.3) is 0 Å². The summed E-state index contributed by atoms with van der Waals surface area (Å²) in [6.07, 6.45) is 0.104. The van der Waals surface area contributed by atoms with E-state index < -0.39 is 11.8 Å². The van der Waals surface area contributed by atoms with Gasteiger partial charge in [-0.15, -0.1) is 0 Å². The van der Waals surface area contributed by atoms with E-state index in [0.29, 0.717) is 12.2 Å². The van der Waals surface area contributed by atoms with E-state index in [9.17, 15) is 9.59 Å². The molecule has 0 spiro atoms. The molecular formula is C14H16N2O3. The van der Waals surface area contributed by atoms with Crippen molar-refractivity contribution in [3.8, 4) is 6.07 Å². The van der Waals surface area contributed by atoms with Crippen molar-refractivity contribution in [3.05, 3.63) is 35.9 Å². The largest absolute Gasteiger partial charge is 0.466 e. The van der Waals surface area contributed by atoms with Gasteiger partial charge in [0.1, 0.15) is 5.92 Å². The molecule has 1 amide bonds. The lowest BCUT2D eigenvalue weighted by molar-refractivity contribution is -0.143. The number of amides is 1. The average Bonchev–Trinajstić information content (AvgIpc) is 2.41. The standard InChI is InChI=1S/C14H16N2O3/c1-2-19-13(17)8-9-16-14(18)12(10-15)11-6-4-3-5-7-11/h3-7,12H,2,8-9H2,1H3,(H,16,18). The maximum Gasteiger partial charge on any atom is 0.307 e. The van der Waals surface area contributed by atoms with Crippen LogP contribution in [-0.4, -0.2) is 25.0 Å². The van der Waals surface area contributed by atoms with Crippen molar-refractivity contribution in [2.24, 2.45) is 0 Å². The normalized spacial score (nSPS) is 11.2. The lowest BCUT2D eigenvalue weighted by Gasteiger charge is -2.10. The lowest BCUT2D eigenvalue weighted by atomic mass is 10.00. The van der Waals surface area contributed by atoms with Gasteiger partial charge in [0.05, 0.1) is 19.1 Å².